The Morgan fingerprint density at radius 2 is 2.04 bits per heavy atom. The first kappa shape index (κ1) is 17.6. The van der Waals surface area contributed by atoms with E-state index in [4.69, 9.17) is 16.7 Å². The van der Waals surface area contributed by atoms with Crippen molar-refractivity contribution in [3.63, 3.8) is 0 Å². The van der Waals surface area contributed by atoms with Gasteiger partial charge in [0, 0.05) is 10.4 Å². The van der Waals surface area contributed by atoms with Crippen LogP contribution in [0, 0.1) is 6.92 Å². The molecule has 0 aliphatic rings. The maximum Gasteiger partial charge on any atom is 0.147 e. The number of hydrogen-bond acceptors (Lipinski definition) is 7. The fraction of sp³-hybridized carbons (Fsp3) is 0.333. The number of benzene rings is 1. The van der Waals surface area contributed by atoms with Crippen LogP contribution in [0.2, 0.25) is 5.02 Å². The molecule has 0 bridgehead atoms. The molecule has 1 aromatic heterocycles. The van der Waals surface area contributed by atoms with Crippen molar-refractivity contribution in [1.82, 2.24) is 4.98 Å². The van der Waals surface area contributed by atoms with Crippen LogP contribution in [0.1, 0.15) is 5.56 Å². The molecule has 0 radical (unpaired) electrons. The molecular weight excluding hydrogens is 322 g/mol. The lowest BCUT2D eigenvalue weighted by Crippen LogP contribution is -2.40. The van der Waals surface area contributed by atoms with Crippen LogP contribution in [-0.2, 0) is 0 Å². The smallest absolute Gasteiger partial charge is 0.147 e. The molecule has 7 nitrogen and oxygen atoms in total. The highest BCUT2D eigenvalue weighted by molar-refractivity contribution is 6.31. The van der Waals surface area contributed by atoms with Gasteiger partial charge in [-0.2, -0.15) is 5.10 Å². The van der Waals surface area contributed by atoms with E-state index in [9.17, 15) is 15.3 Å². The summed E-state index contributed by atoms with van der Waals surface area (Å²) in [4.78, 5) is 4.35. The number of halogens is 1. The number of hydrazone groups is 1. The number of nitrogens with one attached hydrogen (secondary N) is 1. The van der Waals surface area contributed by atoms with Gasteiger partial charge in [-0.3, -0.25) is 5.43 Å². The molecule has 3 atom stereocenters. The molecule has 5 N–H and O–H groups in total. The highest BCUT2D eigenvalue weighted by Crippen LogP contribution is 2.23. The van der Waals surface area contributed by atoms with E-state index < -0.39 is 24.9 Å². The molecule has 2 aromatic rings. The second kappa shape index (κ2) is 7.67. The molecule has 0 unspecified atom stereocenters. The third-order valence-corrected chi connectivity index (χ3v) is 3.55. The number of rotatable bonds is 6. The second-order valence-corrected chi connectivity index (χ2v) is 5.54. The van der Waals surface area contributed by atoms with Crippen molar-refractivity contribution in [2.24, 2.45) is 5.10 Å². The zero-order valence-corrected chi connectivity index (χ0v) is 13.1. The fourth-order valence-electron chi connectivity index (χ4n) is 2.04. The maximum atomic E-state index is 9.61. The molecule has 0 spiro atoms. The van der Waals surface area contributed by atoms with Crippen LogP contribution in [-0.4, -0.2) is 56.5 Å². The van der Waals surface area contributed by atoms with Gasteiger partial charge in [0.2, 0.25) is 0 Å². The molecule has 8 heteroatoms. The first-order valence-electron chi connectivity index (χ1n) is 6.93. The number of fused-ring (bicyclic) bond motifs is 1. The molecule has 0 saturated carbocycles. The van der Waals surface area contributed by atoms with Gasteiger partial charge in [0.05, 0.1) is 18.3 Å². The van der Waals surface area contributed by atoms with E-state index in [0.29, 0.717) is 16.4 Å². The third-order valence-electron chi connectivity index (χ3n) is 3.32. The van der Waals surface area contributed by atoms with Gasteiger partial charge in [0.1, 0.15) is 24.1 Å². The van der Waals surface area contributed by atoms with Crippen LogP contribution in [0.4, 0.5) is 5.82 Å². The summed E-state index contributed by atoms with van der Waals surface area (Å²) in [6, 6.07) is 7.17. The lowest BCUT2D eigenvalue weighted by Gasteiger charge is -2.18. The Morgan fingerprint density at radius 3 is 2.74 bits per heavy atom. The topological polar surface area (TPSA) is 118 Å². The molecule has 0 fully saturated rings. The van der Waals surface area contributed by atoms with Crippen molar-refractivity contribution >= 4 is 34.5 Å². The van der Waals surface area contributed by atoms with Gasteiger partial charge in [-0.05, 0) is 30.7 Å². The van der Waals surface area contributed by atoms with Gasteiger partial charge < -0.3 is 20.4 Å². The van der Waals surface area contributed by atoms with Crippen molar-refractivity contribution in [2.75, 3.05) is 12.0 Å². The molecule has 0 aliphatic carbocycles. The Hall–Kier alpha value is -1.77. The van der Waals surface area contributed by atoms with E-state index in [1.54, 1.807) is 18.2 Å². The number of hydrogen-bond donors (Lipinski definition) is 5. The molecule has 1 heterocycles. The maximum absolute atomic E-state index is 9.61. The van der Waals surface area contributed by atoms with Crippen molar-refractivity contribution in [1.29, 1.82) is 0 Å². The van der Waals surface area contributed by atoms with Crippen LogP contribution >= 0.6 is 11.6 Å². The number of pyridine rings is 1. The largest absolute Gasteiger partial charge is 0.394 e. The highest BCUT2D eigenvalue weighted by atomic mass is 35.5. The number of anilines is 1. The zero-order chi connectivity index (χ0) is 17.0. The summed E-state index contributed by atoms with van der Waals surface area (Å²) in [5.74, 6) is 0.443. The van der Waals surface area contributed by atoms with Crippen molar-refractivity contribution in [2.45, 2.75) is 25.2 Å². The summed E-state index contributed by atoms with van der Waals surface area (Å²) >= 11 is 5.95. The van der Waals surface area contributed by atoms with Crippen molar-refractivity contribution in [3.05, 3.63) is 34.9 Å². The van der Waals surface area contributed by atoms with E-state index in [1.807, 2.05) is 13.0 Å². The number of aliphatic hydroxyl groups excluding tert-OH is 4. The van der Waals surface area contributed by atoms with E-state index in [0.717, 1.165) is 17.2 Å². The van der Waals surface area contributed by atoms with E-state index in [1.165, 1.54) is 0 Å². The molecule has 0 saturated heterocycles. The summed E-state index contributed by atoms with van der Waals surface area (Å²) in [7, 11) is 0. The monoisotopic (exact) mass is 339 g/mol. The Kier molecular flexibility index (Phi) is 5.86. The molecule has 0 aliphatic heterocycles. The standard InChI is InChI=1S/C15H18ClN3O4/c1-8-4-14(18-11-5-9(16)2-3-10(8)11)19-17-6-12(21)15(23)13(22)7-20/h2-6,12-13,15,20-23H,7H2,1H3,(H,18,19)/b17-6+/t12-,13+,15+/m0/s1. The first-order chi connectivity index (χ1) is 10.9. The normalized spacial score (nSPS) is 15.7. The third kappa shape index (κ3) is 4.37. The summed E-state index contributed by atoms with van der Waals surface area (Å²) in [5, 5.41) is 42.3. The summed E-state index contributed by atoms with van der Waals surface area (Å²) in [5.41, 5.74) is 4.31. The number of aryl methyl sites for hydroxylation is 1. The predicted molar refractivity (Wildman–Crippen MR) is 88.7 cm³/mol. The molecule has 124 valence electrons. The lowest BCUT2D eigenvalue weighted by atomic mass is 10.1. The molecule has 23 heavy (non-hydrogen) atoms. The van der Waals surface area contributed by atoms with Crippen molar-refractivity contribution in [3.8, 4) is 0 Å². The van der Waals surface area contributed by atoms with Crippen LogP contribution in [0.15, 0.2) is 29.4 Å². The van der Waals surface area contributed by atoms with Crippen LogP contribution in [0.5, 0.6) is 0 Å². The van der Waals surface area contributed by atoms with Gasteiger partial charge in [0.25, 0.3) is 0 Å². The number of aromatic nitrogens is 1. The van der Waals surface area contributed by atoms with Gasteiger partial charge in [-0.25, -0.2) is 4.98 Å². The number of aliphatic hydroxyl groups is 4. The van der Waals surface area contributed by atoms with Gasteiger partial charge in [-0.1, -0.05) is 17.7 Å². The fourth-order valence-corrected chi connectivity index (χ4v) is 2.20. The summed E-state index contributed by atoms with van der Waals surface area (Å²) < 4.78 is 0. The minimum atomic E-state index is -1.53. The quantitative estimate of drug-likeness (QED) is 0.390. The van der Waals surface area contributed by atoms with Gasteiger partial charge in [-0.15, -0.1) is 0 Å². The van der Waals surface area contributed by atoms with Crippen LogP contribution < -0.4 is 5.43 Å². The predicted octanol–water partition coefficient (Wildman–Crippen LogP) is 0.669. The Bertz CT molecular complexity index is 710. The average molecular weight is 340 g/mol. The van der Waals surface area contributed by atoms with E-state index in [-0.39, 0.29) is 0 Å². The SMILES string of the molecule is Cc1cc(N/N=C/[C@H](O)[C@@H](O)[C@H](O)CO)nc2cc(Cl)ccc12. The highest BCUT2D eigenvalue weighted by Gasteiger charge is 2.22. The zero-order valence-electron chi connectivity index (χ0n) is 12.4. The minimum absolute atomic E-state index is 0.443. The second-order valence-electron chi connectivity index (χ2n) is 5.11. The molecular formula is C15H18ClN3O4. The lowest BCUT2D eigenvalue weighted by molar-refractivity contribution is -0.0541. The molecule has 1 aromatic carbocycles. The Labute approximate surface area is 137 Å². The average Bonchev–Trinajstić information content (AvgIpc) is 2.52. The van der Waals surface area contributed by atoms with Crippen LogP contribution in [0.3, 0.4) is 0 Å². The Morgan fingerprint density at radius 1 is 1.30 bits per heavy atom. The van der Waals surface area contributed by atoms with Gasteiger partial charge in [0.15, 0.2) is 0 Å². The molecule has 0 amide bonds. The van der Waals surface area contributed by atoms with Gasteiger partial charge >= 0.3 is 0 Å². The van der Waals surface area contributed by atoms with E-state index in [2.05, 4.69) is 15.5 Å². The Balaban J connectivity index is 2.11. The summed E-state index contributed by atoms with van der Waals surface area (Å²) in [6.07, 6.45) is -3.39. The molecule has 2 rings (SSSR count). The number of nitrogens with zero attached hydrogens (tertiary/aromatic N) is 2. The summed E-state index contributed by atoms with van der Waals surface area (Å²) in [6.45, 7) is 1.26. The van der Waals surface area contributed by atoms with Crippen LogP contribution in [0.25, 0.3) is 10.9 Å². The minimum Gasteiger partial charge on any atom is -0.394 e. The van der Waals surface area contributed by atoms with E-state index >= 15 is 0 Å². The van der Waals surface area contributed by atoms with Crippen molar-refractivity contribution < 1.29 is 20.4 Å². The first-order valence-corrected chi connectivity index (χ1v) is 7.31.